The molecule has 0 aromatic rings. The van der Waals surface area contributed by atoms with Gasteiger partial charge in [0.1, 0.15) is 0 Å². The lowest BCUT2D eigenvalue weighted by molar-refractivity contribution is -0.0704. The van der Waals surface area contributed by atoms with Gasteiger partial charge in [-0.05, 0) is 67.0 Å². The molecule has 0 saturated carbocycles. The third kappa shape index (κ3) is 3.46. The standard InChI is InChI=1S/C15H30N2O/c1-12(11-17-8-6-7-9-17)16-13-10-14(2,3)18-15(13,4)5/h12-13,16H,6-11H2,1-5H3. The van der Waals surface area contributed by atoms with Gasteiger partial charge in [0.2, 0.25) is 0 Å². The minimum Gasteiger partial charge on any atom is -0.368 e. The smallest absolute Gasteiger partial charge is 0.0787 e. The van der Waals surface area contributed by atoms with Crippen molar-refractivity contribution in [3.63, 3.8) is 0 Å². The molecule has 2 rings (SSSR count). The zero-order valence-electron chi connectivity index (χ0n) is 12.8. The molecule has 2 aliphatic heterocycles. The minimum atomic E-state index is -0.0528. The van der Waals surface area contributed by atoms with Gasteiger partial charge in [-0.25, -0.2) is 0 Å². The van der Waals surface area contributed by atoms with Gasteiger partial charge >= 0.3 is 0 Å². The van der Waals surface area contributed by atoms with Gasteiger partial charge in [-0.3, -0.25) is 0 Å². The molecule has 18 heavy (non-hydrogen) atoms. The van der Waals surface area contributed by atoms with Crippen LogP contribution in [0.15, 0.2) is 0 Å². The number of rotatable bonds is 4. The predicted molar refractivity (Wildman–Crippen MR) is 75.9 cm³/mol. The summed E-state index contributed by atoms with van der Waals surface area (Å²) < 4.78 is 6.14. The van der Waals surface area contributed by atoms with E-state index in [0.29, 0.717) is 12.1 Å². The number of nitrogens with zero attached hydrogens (tertiary/aromatic N) is 1. The van der Waals surface area contributed by atoms with Crippen molar-refractivity contribution in [3.05, 3.63) is 0 Å². The quantitative estimate of drug-likeness (QED) is 0.834. The molecular weight excluding hydrogens is 224 g/mol. The molecule has 2 atom stereocenters. The third-order valence-corrected chi connectivity index (χ3v) is 4.29. The summed E-state index contributed by atoms with van der Waals surface area (Å²) in [7, 11) is 0. The molecule has 0 aromatic carbocycles. The van der Waals surface area contributed by atoms with E-state index in [1.54, 1.807) is 0 Å². The van der Waals surface area contributed by atoms with Gasteiger partial charge < -0.3 is 15.0 Å². The van der Waals surface area contributed by atoms with Crippen LogP contribution in [0.3, 0.4) is 0 Å². The summed E-state index contributed by atoms with van der Waals surface area (Å²) in [5, 5.41) is 3.78. The maximum Gasteiger partial charge on any atom is 0.0787 e. The molecule has 2 unspecified atom stereocenters. The third-order valence-electron chi connectivity index (χ3n) is 4.29. The molecular formula is C15H30N2O. The van der Waals surface area contributed by atoms with E-state index in [4.69, 9.17) is 4.74 Å². The van der Waals surface area contributed by atoms with Crippen molar-refractivity contribution in [1.82, 2.24) is 10.2 Å². The first kappa shape index (κ1) is 14.3. The van der Waals surface area contributed by atoms with Crippen molar-refractivity contribution >= 4 is 0 Å². The van der Waals surface area contributed by atoms with Crippen LogP contribution in [0, 0.1) is 0 Å². The molecule has 0 radical (unpaired) electrons. The molecule has 3 nitrogen and oxygen atoms in total. The van der Waals surface area contributed by atoms with Crippen LogP contribution in [0.1, 0.15) is 53.9 Å². The topological polar surface area (TPSA) is 24.5 Å². The van der Waals surface area contributed by atoms with Crippen molar-refractivity contribution in [2.45, 2.75) is 77.2 Å². The fourth-order valence-corrected chi connectivity index (χ4v) is 3.57. The molecule has 0 spiro atoms. The summed E-state index contributed by atoms with van der Waals surface area (Å²) in [4.78, 5) is 2.58. The van der Waals surface area contributed by atoms with E-state index >= 15 is 0 Å². The Kier molecular flexibility index (Phi) is 4.05. The van der Waals surface area contributed by atoms with E-state index in [9.17, 15) is 0 Å². The van der Waals surface area contributed by atoms with Gasteiger partial charge in [0, 0.05) is 18.6 Å². The average molecular weight is 254 g/mol. The Labute approximate surface area is 112 Å². The van der Waals surface area contributed by atoms with Crippen molar-refractivity contribution in [2.24, 2.45) is 0 Å². The Balaban J connectivity index is 1.84. The molecule has 3 heteroatoms. The first-order valence-electron chi connectivity index (χ1n) is 7.47. The monoisotopic (exact) mass is 254 g/mol. The Morgan fingerprint density at radius 3 is 2.33 bits per heavy atom. The largest absolute Gasteiger partial charge is 0.368 e. The summed E-state index contributed by atoms with van der Waals surface area (Å²) in [6.07, 6.45) is 3.85. The average Bonchev–Trinajstić information content (AvgIpc) is 2.72. The van der Waals surface area contributed by atoms with E-state index in [2.05, 4.69) is 44.8 Å². The van der Waals surface area contributed by atoms with Crippen LogP contribution >= 0.6 is 0 Å². The lowest BCUT2D eigenvalue weighted by Gasteiger charge is -2.31. The van der Waals surface area contributed by atoms with E-state index in [1.165, 1.54) is 32.5 Å². The summed E-state index contributed by atoms with van der Waals surface area (Å²) in [6.45, 7) is 14.9. The zero-order valence-corrected chi connectivity index (χ0v) is 12.8. The highest BCUT2D eigenvalue weighted by atomic mass is 16.5. The van der Waals surface area contributed by atoms with E-state index < -0.39 is 0 Å². The second kappa shape index (κ2) is 5.10. The number of nitrogens with one attached hydrogen (secondary N) is 1. The summed E-state index contributed by atoms with van der Waals surface area (Å²) in [5.74, 6) is 0. The normalized spacial score (nSPS) is 32.8. The van der Waals surface area contributed by atoms with Crippen molar-refractivity contribution in [3.8, 4) is 0 Å². The van der Waals surface area contributed by atoms with Crippen molar-refractivity contribution in [2.75, 3.05) is 19.6 Å². The SMILES string of the molecule is CC(CN1CCCC1)NC1CC(C)(C)OC1(C)C. The van der Waals surface area contributed by atoms with Crippen molar-refractivity contribution < 1.29 is 4.74 Å². The van der Waals surface area contributed by atoms with E-state index in [-0.39, 0.29) is 11.2 Å². The molecule has 2 saturated heterocycles. The number of hydrogen-bond acceptors (Lipinski definition) is 3. The van der Waals surface area contributed by atoms with Crippen LogP contribution in [0.2, 0.25) is 0 Å². The summed E-state index contributed by atoms with van der Waals surface area (Å²) in [6, 6.07) is 1.01. The molecule has 106 valence electrons. The molecule has 0 aromatic heterocycles. The van der Waals surface area contributed by atoms with E-state index in [0.717, 1.165) is 6.42 Å². The molecule has 0 amide bonds. The molecule has 1 N–H and O–H groups in total. The molecule has 0 aliphatic carbocycles. The van der Waals surface area contributed by atoms with Crippen LogP contribution < -0.4 is 5.32 Å². The maximum atomic E-state index is 6.14. The van der Waals surface area contributed by atoms with Gasteiger partial charge in [0.05, 0.1) is 11.2 Å². The number of likely N-dealkylation sites (tertiary alicyclic amines) is 1. The fraction of sp³-hybridized carbons (Fsp3) is 1.00. The van der Waals surface area contributed by atoms with Gasteiger partial charge in [-0.2, -0.15) is 0 Å². The van der Waals surface area contributed by atoms with Crippen LogP contribution in [0.25, 0.3) is 0 Å². The second-order valence-corrected chi connectivity index (χ2v) is 7.30. The maximum absolute atomic E-state index is 6.14. The molecule has 0 bridgehead atoms. The van der Waals surface area contributed by atoms with Crippen LogP contribution in [-0.4, -0.2) is 47.8 Å². The van der Waals surface area contributed by atoms with Crippen LogP contribution in [0.4, 0.5) is 0 Å². The van der Waals surface area contributed by atoms with Gasteiger partial charge in [-0.15, -0.1) is 0 Å². The lowest BCUT2D eigenvalue weighted by Crippen LogP contribution is -2.50. The molecule has 2 heterocycles. The summed E-state index contributed by atoms with van der Waals surface area (Å²) >= 11 is 0. The Morgan fingerprint density at radius 1 is 1.22 bits per heavy atom. The minimum absolute atomic E-state index is 0.00846. The van der Waals surface area contributed by atoms with E-state index in [1.807, 2.05) is 0 Å². The Morgan fingerprint density at radius 2 is 1.83 bits per heavy atom. The highest BCUT2D eigenvalue weighted by Crippen LogP contribution is 2.37. The van der Waals surface area contributed by atoms with Gasteiger partial charge in [0.25, 0.3) is 0 Å². The number of hydrogen-bond donors (Lipinski definition) is 1. The van der Waals surface area contributed by atoms with Crippen LogP contribution in [0.5, 0.6) is 0 Å². The van der Waals surface area contributed by atoms with Crippen LogP contribution in [-0.2, 0) is 4.74 Å². The number of ether oxygens (including phenoxy) is 1. The fourth-order valence-electron chi connectivity index (χ4n) is 3.57. The summed E-state index contributed by atoms with van der Waals surface area (Å²) in [5.41, 5.74) is -0.0443. The van der Waals surface area contributed by atoms with Gasteiger partial charge in [0.15, 0.2) is 0 Å². The molecule has 2 aliphatic rings. The highest BCUT2D eigenvalue weighted by Gasteiger charge is 2.46. The van der Waals surface area contributed by atoms with Gasteiger partial charge in [-0.1, -0.05) is 0 Å². The lowest BCUT2D eigenvalue weighted by atomic mass is 9.94. The predicted octanol–water partition coefficient (Wildman–Crippen LogP) is 2.41. The Bertz CT molecular complexity index is 282. The first-order chi connectivity index (χ1) is 8.28. The Hall–Kier alpha value is -0.120. The first-order valence-corrected chi connectivity index (χ1v) is 7.47. The van der Waals surface area contributed by atoms with Crippen molar-refractivity contribution in [1.29, 1.82) is 0 Å². The molecule has 2 fully saturated rings. The second-order valence-electron chi connectivity index (χ2n) is 7.30. The zero-order chi connectivity index (χ0) is 13.4. The highest BCUT2D eigenvalue weighted by molar-refractivity contribution is 4.99.